The number of hydrogen-bond donors (Lipinski definition) is 1. The van der Waals surface area contributed by atoms with Crippen molar-refractivity contribution >= 4 is 23.0 Å². The maximum atomic E-state index is 13.2. The van der Waals surface area contributed by atoms with Crippen molar-refractivity contribution in [1.82, 2.24) is 5.32 Å². The van der Waals surface area contributed by atoms with Crippen molar-refractivity contribution in [3.8, 4) is 0 Å². The van der Waals surface area contributed by atoms with Crippen LogP contribution in [-0.4, -0.2) is 17.3 Å². The summed E-state index contributed by atoms with van der Waals surface area (Å²) in [6.45, 7) is 10.8. The molecule has 2 aromatic carbocycles. The maximum Gasteiger partial charge on any atom is 0.192 e. The van der Waals surface area contributed by atoms with Crippen LogP contribution in [0, 0.1) is 12.7 Å². The Morgan fingerprint density at radius 3 is 2.44 bits per heavy atom. The first-order chi connectivity index (χ1) is 15.3. The maximum absolute atomic E-state index is 13.2. The Bertz CT molecular complexity index is 1120. The van der Waals surface area contributed by atoms with E-state index in [-0.39, 0.29) is 17.5 Å². The highest BCUT2D eigenvalue weighted by molar-refractivity contribution is 7.80. The topological polar surface area (TPSA) is 29.1 Å². The number of carbonyl (C=O) groups excluding carboxylic acids is 1. The normalized spacial score (nSPS) is 19.0. The Balaban J connectivity index is 1.80. The lowest BCUT2D eigenvalue weighted by atomic mass is 9.90. The van der Waals surface area contributed by atoms with E-state index in [1.54, 1.807) is 6.08 Å². The van der Waals surface area contributed by atoms with E-state index >= 15 is 0 Å². The minimum absolute atomic E-state index is 0.0967. The van der Waals surface area contributed by atoms with Gasteiger partial charge in [0.25, 0.3) is 0 Å². The van der Waals surface area contributed by atoms with Gasteiger partial charge in [-0.2, -0.15) is 0 Å². The molecule has 0 aliphatic carbocycles. The van der Waals surface area contributed by atoms with E-state index in [1.165, 1.54) is 35.4 Å². The minimum Gasteiger partial charge on any atom is -0.375 e. The zero-order valence-electron chi connectivity index (χ0n) is 18.7. The molecular formula is C28H28FNOS. The summed E-state index contributed by atoms with van der Waals surface area (Å²) in [5, 5.41) is 3.37. The Hall–Kier alpha value is -3.11. The van der Waals surface area contributed by atoms with E-state index in [0.29, 0.717) is 17.7 Å². The molecule has 1 aliphatic heterocycles. The Kier molecular flexibility index (Phi) is 7.70. The summed E-state index contributed by atoms with van der Waals surface area (Å²) >= 11 is 5.66. The molecule has 1 heterocycles. The fourth-order valence-electron chi connectivity index (χ4n) is 3.73. The molecule has 32 heavy (non-hydrogen) atoms. The molecule has 4 heteroatoms. The van der Waals surface area contributed by atoms with E-state index in [1.807, 2.05) is 19.9 Å². The molecule has 2 aromatic rings. The lowest BCUT2D eigenvalue weighted by molar-refractivity contribution is 0.103. The van der Waals surface area contributed by atoms with Crippen LogP contribution in [-0.2, 0) is 0 Å². The molecule has 2 nitrogen and oxygen atoms in total. The van der Waals surface area contributed by atoms with Crippen LogP contribution >= 0.6 is 12.2 Å². The van der Waals surface area contributed by atoms with Crippen LogP contribution in [0.4, 0.5) is 4.39 Å². The summed E-state index contributed by atoms with van der Waals surface area (Å²) in [5.41, 5.74) is 6.46. The molecule has 1 N–H and O–H groups in total. The van der Waals surface area contributed by atoms with E-state index in [9.17, 15) is 9.18 Å². The quantitative estimate of drug-likeness (QED) is 0.238. The molecular weight excluding hydrogens is 417 g/mol. The molecule has 1 saturated heterocycles. The van der Waals surface area contributed by atoms with Crippen LogP contribution in [0.25, 0.3) is 0 Å². The Labute approximate surface area is 195 Å². The molecule has 0 bridgehead atoms. The van der Waals surface area contributed by atoms with Gasteiger partial charge in [-0.15, -0.1) is 0 Å². The average molecular weight is 446 g/mol. The molecule has 3 rings (SSSR count). The minimum atomic E-state index is -0.360. The number of Topliss-reactive ketones (excluding diaryl/α,β-unsaturated/α-hetero) is 1. The number of halogens is 1. The molecule has 1 aliphatic rings. The van der Waals surface area contributed by atoms with Crippen LogP contribution < -0.4 is 5.32 Å². The van der Waals surface area contributed by atoms with Gasteiger partial charge in [-0.3, -0.25) is 4.79 Å². The highest BCUT2D eigenvalue weighted by atomic mass is 32.1. The van der Waals surface area contributed by atoms with Crippen LogP contribution in [0.2, 0.25) is 0 Å². The zero-order valence-corrected chi connectivity index (χ0v) is 19.6. The van der Waals surface area contributed by atoms with Crippen molar-refractivity contribution in [2.45, 2.75) is 33.1 Å². The van der Waals surface area contributed by atoms with Crippen molar-refractivity contribution in [1.29, 1.82) is 0 Å². The largest absolute Gasteiger partial charge is 0.375 e. The number of hydrogen-bond acceptors (Lipinski definition) is 2. The third kappa shape index (κ3) is 5.77. The fourth-order valence-corrected chi connectivity index (χ4v) is 4.02. The van der Waals surface area contributed by atoms with Crippen LogP contribution in [0.15, 0.2) is 95.6 Å². The first-order valence-electron chi connectivity index (χ1n) is 10.7. The van der Waals surface area contributed by atoms with Crippen molar-refractivity contribution in [3.05, 3.63) is 118 Å². The number of benzene rings is 2. The molecule has 1 fully saturated rings. The van der Waals surface area contributed by atoms with Crippen LogP contribution in [0.5, 0.6) is 0 Å². The highest BCUT2D eigenvalue weighted by Crippen LogP contribution is 2.30. The number of carbonyl (C=O) groups is 1. The predicted molar refractivity (Wildman–Crippen MR) is 135 cm³/mol. The number of rotatable bonds is 5. The van der Waals surface area contributed by atoms with E-state index < -0.39 is 0 Å². The van der Waals surface area contributed by atoms with Crippen molar-refractivity contribution in [3.63, 3.8) is 0 Å². The summed E-state index contributed by atoms with van der Waals surface area (Å²) in [6, 6.07) is 14.1. The van der Waals surface area contributed by atoms with Gasteiger partial charge in [0.2, 0.25) is 0 Å². The fraction of sp³-hybridized carbons (Fsp3) is 0.214. The van der Waals surface area contributed by atoms with Gasteiger partial charge in [0.1, 0.15) is 5.82 Å². The molecule has 0 spiro atoms. The number of nitrogens with one attached hydrogen (secondary N) is 1. The SMILES string of the molecule is C=C1CC(c2ccc(C)cc2)C(=S)NC\C1=C/C(C)=C/C(=C\C)C(=O)c1ccc(F)cc1. The predicted octanol–water partition coefficient (Wildman–Crippen LogP) is 6.80. The van der Waals surface area contributed by atoms with Crippen LogP contribution in [0.3, 0.4) is 0 Å². The number of allylic oxidation sites excluding steroid dienone is 5. The third-order valence-electron chi connectivity index (χ3n) is 5.62. The van der Waals surface area contributed by atoms with Crippen molar-refractivity contribution in [2.24, 2.45) is 0 Å². The third-order valence-corrected chi connectivity index (χ3v) is 6.05. The van der Waals surface area contributed by atoms with Gasteiger partial charge < -0.3 is 5.32 Å². The number of thiocarbonyl (C=S) groups is 1. The van der Waals surface area contributed by atoms with Crippen molar-refractivity contribution < 1.29 is 9.18 Å². The number of aryl methyl sites for hydroxylation is 1. The second-order valence-electron chi connectivity index (χ2n) is 8.13. The first-order valence-corrected chi connectivity index (χ1v) is 11.1. The molecule has 164 valence electrons. The molecule has 0 aromatic heterocycles. The average Bonchev–Trinajstić information content (AvgIpc) is 2.91. The van der Waals surface area contributed by atoms with Crippen molar-refractivity contribution in [2.75, 3.05) is 6.54 Å². The van der Waals surface area contributed by atoms with Gasteiger partial charge in [-0.1, -0.05) is 66.4 Å². The smallest absolute Gasteiger partial charge is 0.192 e. The van der Waals surface area contributed by atoms with E-state index in [2.05, 4.69) is 49.2 Å². The Morgan fingerprint density at radius 1 is 1.16 bits per heavy atom. The molecule has 1 atom stereocenters. The van der Waals surface area contributed by atoms with Gasteiger partial charge >= 0.3 is 0 Å². The summed E-state index contributed by atoms with van der Waals surface area (Å²) < 4.78 is 13.2. The van der Waals surface area contributed by atoms with Crippen LogP contribution in [0.1, 0.15) is 47.7 Å². The molecule has 1 unspecified atom stereocenters. The standard InChI is InChI=1S/C28H28FNOS/c1-5-21(27(31)23-10-12-25(29)13-11-23)14-19(3)15-24-17-30-28(32)26(16-20(24)4)22-8-6-18(2)7-9-22/h5-15,26H,4,16-17H2,1-3H3,(H,30,32)/b19-14+,21-5+,24-15+. The van der Waals surface area contributed by atoms with Gasteiger partial charge in [-0.05, 0) is 74.2 Å². The second kappa shape index (κ2) is 10.5. The summed E-state index contributed by atoms with van der Waals surface area (Å²) in [5.74, 6) is -0.399. The number of ketones is 1. The zero-order chi connectivity index (χ0) is 23.3. The summed E-state index contributed by atoms with van der Waals surface area (Å²) in [4.78, 5) is 13.6. The second-order valence-corrected chi connectivity index (χ2v) is 8.57. The Morgan fingerprint density at radius 2 is 1.81 bits per heavy atom. The van der Waals surface area contributed by atoms with Gasteiger partial charge in [0.05, 0.1) is 4.99 Å². The highest BCUT2D eigenvalue weighted by Gasteiger charge is 2.23. The van der Waals surface area contributed by atoms with Gasteiger partial charge in [0, 0.05) is 23.6 Å². The first kappa shape index (κ1) is 23.6. The molecule has 0 amide bonds. The van der Waals surface area contributed by atoms with E-state index in [0.717, 1.165) is 28.1 Å². The summed E-state index contributed by atoms with van der Waals surface area (Å²) in [7, 11) is 0. The lowest BCUT2D eigenvalue weighted by Gasteiger charge is -2.16. The molecule has 0 saturated carbocycles. The lowest BCUT2D eigenvalue weighted by Crippen LogP contribution is -2.26. The van der Waals surface area contributed by atoms with Gasteiger partial charge in [0.15, 0.2) is 5.78 Å². The van der Waals surface area contributed by atoms with E-state index in [4.69, 9.17) is 12.2 Å². The monoisotopic (exact) mass is 445 g/mol. The summed E-state index contributed by atoms with van der Waals surface area (Å²) in [6.07, 6.45) is 6.43. The van der Waals surface area contributed by atoms with Gasteiger partial charge in [-0.25, -0.2) is 4.39 Å². The molecule has 0 radical (unpaired) electrons.